The summed E-state index contributed by atoms with van der Waals surface area (Å²) in [7, 11) is 0. The molecule has 2 aromatic rings. The molecule has 1 N–H and O–H groups in total. The summed E-state index contributed by atoms with van der Waals surface area (Å²) < 4.78 is 26.4. The van der Waals surface area contributed by atoms with Gasteiger partial charge in [0.15, 0.2) is 0 Å². The Kier molecular flexibility index (Phi) is 3.32. The van der Waals surface area contributed by atoms with Gasteiger partial charge in [-0.15, -0.1) is 0 Å². The third-order valence-corrected chi connectivity index (χ3v) is 2.45. The molecule has 0 radical (unpaired) electrons. The van der Waals surface area contributed by atoms with E-state index in [-0.39, 0.29) is 5.82 Å². The molecule has 88 valence electrons. The van der Waals surface area contributed by atoms with Gasteiger partial charge < -0.3 is 5.32 Å². The zero-order valence-electron chi connectivity index (χ0n) is 9.37. The molecule has 0 spiro atoms. The van der Waals surface area contributed by atoms with E-state index in [9.17, 15) is 8.78 Å². The first-order valence-electron chi connectivity index (χ1n) is 5.25. The number of nitrogens with one attached hydrogen (secondary N) is 1. The Balaban J connectivity index is 2.13. The van der Waals surface area contributed by atoms with Crippen LogP contribution in [0.3, 0.4) is 0 Å². The molecule has 2 rings (SSSR count). The van der Waals surface area contributed by atoms with Crippen molar-refractivity contribution < 1.29 is 8.78 Å². The number of nitrogens with zero attached hydrogens (tertiary/aromatic N) is 1. The Morgan fingerprint density at radius 2 is 2.06 bits per heavy atom. The van der Waals surface area contributed by atoms with Gasteiger partial charge in [-0.1, -0.05) is 12.1 Å². The monoisotopic (exact) mass is 234 g/mol. The molecular formula is C13H12F2N2. The highest BCUT2D eigenvalue weighted by Gasteiger charge is 2.04. The number of hydrogen-bond acceptors (Lipinski definition) is 2. The average Bonchev–Trinajstić information content (AvgIpc) is 2.28. The summed E-state index contributed by atoms with van der Waals surface area (Å²) >= 11 is 0. The summed E-state index contributed by atoms with van der Waals surface area (Å²) in [4.78, 5) is 3.73. The summed E-state index contributed by atoms with van der Waals surface area (Å²) in [6.07, 6.45) is 2.68. The largest absolute Gasteiger partial charge is 0.378 e. The molecule has 0 bridgehead atoms. The summed E-state index contributed by atoms with van der Waals surface area (Å²) in [5, 5.41) is 2.94. The molecule has 1 heterocycles. The zero-order valence-corrected chi connectivity index (χ0v) is 9.37. The molecule has 0 aliphatic carbocycles. The number of rotatable bonds is 3. The van der Waals surface area contributed by atoms with E-state index >= 15 is 0 Å². The van der Waals surface area contributed by atoms with Crippen LogP contribution in [0.2, 0.25) is 0 Å². The van der Waals surface area contributed by atoms with E-state index in [1.807, 2.05) is 13.0 Å². The predicted molar refractivity (Wildman–Crippen MR) is 62.7 cm³/mol. The highest BCUT2D eigenvalue weighted by molar-refractivity contribution is 5.51. The first-order chi connectivity index (χ1) is 8.16. The molecule has 1 aromatic carbocycles. The van der Waals surface area contributed by atoms with Gasteiger partial charge in [-0.3, -0.25) is 4.98 Å². The highest BCUT2D eigenvalue weighted by Crippen LogP contribution is 2.19. The van der Waals surface area contributed by atoms with Gasteiger partial charge in [0.25, 0.3) is 0 Å². The minimum Gasteiger partial charge on any atom is -0.378 e. The molecule has 1 aromatic heterocycles. The maximum Gasteiger partial charge on any atom is 0.146 e. The van der Waals surface area contributed by atoms with Crippen molar-refractivity contribution >= 4 is 5.69 Å². The van der Waals surface area contributed by atoms with Crippen LogP contribution in [0.15, 0.2) is 36.7 Å². The van der Waals surface area contributed by atoms with E-state index in [4.69, 9.17) is 0 Å². The third-order valence-electron chi connectivity index (χ3n) is 2.45. The number of aryl methyl sites for hydroxylation is 1. The van der Waals surface area contributed by atoms with Crippen LogP contribution in [0.25, 0.3) is 0 Å². The van der Waals surface area contributed by atoms with Gasteiger partial charge in [0.2, 0.25) is 0 Å². The lowest BCUT2D eigenvalue weighted by molar-refractivity contribution is 0.618. The number of anilines is 1. The maximum atomic E-state index is 13.5. The number of para-hydroxylation sites is 1. The van der Waals surface area contributed by atoms with Gasteiger partial charge in [0.05, 0.1) is 11.9 Å². The van der Waals surface area contributed by atoms with E-state index in [1.54, 1.807) is 12.3 Å². The van der Waals surface area contributed by atoms with Crippen LogP contribution in [-0.2, 0) is 6.54 Å². The van der Waals surface area contributed by atoms with Gasteiger partial charge in [0.1, 0.15) is 11.6 Å². The Morgan fingerprint density at radius 3 is 2.76 bits per heavy atom. The SMILES string of the molecule is Cc1cccc(F)c1NCc1cncc(F)c1. The molecule has 2 nitrogen and oxygen atoms in total. The fourth-order valence-corrected chi connectivity index (χ4v) is 1.60. The molecule has 0 unspecified atom stereocenters. The van der Waals surface area contributed by atoms with Gasteiger partial charge in [0, 0.05) is 12.7 Å². The lowest BCUT2D eigenvalue weighted by Gasteiger charge is -2.10. The van der Waals surface area contributed by atoms with Crippen molar-refractivity contribution in [3.63, 3.8) is 0 Å². The number of benzene rings is 1. The smallest absolute Gasteiger partial charge is 0.146 e. The van der Waals surface area contributed by atoms with Crippen LogP contribution in [0.4, 0.5) is 14.5 Å². The van der Waals surface area contributed by atoms with Crippen molar-refractivity contribution in [2.45, 2.75) is 13.5 Å². The number of aromatic nitrogens is 1. The second kappa shape index (κ2) is 4.91. The van der Waals surface area contributed by atoms with Crippen molar-refractivity contribution in [3.8, 4) is 0 Å². The summed E-state index contributed by atoms with van der Waals surface area (Å²) in [5.41, 5.74) is 1.93. The molecule has 4 heteroatoms. The van der Waals surface area contributed by atoms with E-state index in [0.29, 0.717) is 17.8 Å². The topological polar surface area (TPSA) is 24.9 Å². The van der Waals surface area contributed by atoms with Crippen LogP contribution < -0.4 is 5.32 Å². The average molecular weight is 234 g/mol. The Bertz CT molecular complexity index is 506. The van der Waals surface area contributed by atoms with Gasteiger partial charge >= 0.3 is 0 Å². The van der Waals surface area contributed by atoms with Crippen LogP contribution in [0.5, 0.6) is 0 Å². The molecule has 17 heavy (non-hydrogen) atoms. The van der Waals surface area contributed by atoms with Crippen molar-refractivity contribution in [3.05, 3.63) is 59.4 Å². The van der Waals surface area contributed by atoms with Gasteiger partial charge in [-0.25, -0.2) is 8.78 Å². The molecule has 0 atom stereocenters. The predicted octanol–water partition coefficient (Wildman–Crippen LogP) is 3.28. The third kappa shape index (κ3) is 2.78. The quantitative estimate of drug-likeness (QED) is 0.881. The van der Waals surface area contributed by atoms with E-state index < -0.39 is 5.82 Å². The first-order valence-corrected chi connectivity index (χ1v) is 5.25. The molecule has 0 saturated carbocycles. The van der Waals surface area contributed by atoms with Crippen LogP contribution >= 0.6 is 0 Å². The minimum absolute atomic E-state index is 0.311. The molecular weight excluding hydrogens is 222 g/mol. The minimum atomic E-state index is -0.394. The fraction of sp³-hybridized carbons (Fsp3) is 0.154. The van der Waals surface area contributed by atoms with E-state index in [0.717, 1.165) is 11.8 Å². The van der Waals surface area contributed by atoms with E-state index in [1.165, 1.54) is 12.1 Å². The zero-order chi connectivity index (χ0) is 12.3. The Morgan fingerprint density at radius 1 is 1.24 bits per heavy atom. The molecule has 0 aliphatic heterocycles. The van der Waals surface area contributed by atoms with Gasteiger partial charge in [-0.05, 0) is 30.2 Å². The van der Waals surface area contributed by atoms with Crippen LogP contribution in [0, 0.1) is 18.6 Å². The molecule has 0 fully saturated rings. The molecule has 0 amide bonds. The molecule has 0 saturated heterocycles. The van der Waals surface area contributed by atoms with Crippen molar-refractivity contribution in [2.24, 2.45) is 0 Å². The number of halogens is 2. The Labute approximate surface area is 98.3 Å². The maximum absolute atomic E-state index is 13.5. The van der Waals surface area contributed by atoms with E-state index in [2.05, 4.69) is 10.3 Å². The summed E-state index contributed by atoms with van der Waals surface area (Å²) in [6.45, 7) is 2.15. The lowest BCUT2D eigenvalue weighted by Crippen LogP contribution is -2.03. The lowest BCUT2D eigenvalue weighted by atomic mass is 10.2. The first kappa shape index (κ1) is 11.5. The highest BCUT2D eigenvalue weighted by atomic mass is 19.1. The number of hydrogen-bond donors (Lipinski definition) is 1. The summed E-state index contributed by atoms with van der Waals surface area (Å²) in [5.74, 6) is -0.705. The molecule has 0 aliphatic rings. The second-order valence-electron chi connectivity index (χ2n) is 3.80. The Hall–Kier alpha value is -1.97. The van der Waals surface area contributed by atoms with Crippen LogP contribution in [0.1, 0.15) is 11.1 Å². The van der Waals surface area contributed by atoms with Crippen molar-refractivity contribution in [1.29, 1.82) is 0 Å². The summed E-state index contributed by atoms with van der Waals surface area (Å²) in [6, 6.07) is 6.23. The normalized spacial score (nSPS) is 10.3. The van der Waals surface area contributed by atoms with Crippen molar-refractivity contribution in [2.75, 3.05) is 5.32 Å². The second-order valence-corrected chi connectivity index (χ2v) is 3.80. The number of pyridine rings is 1. The van der Waals surface area contributed by atoms with Crippen LogP contribution in [-0.4, -0.2) is 4.98 Å². The standard InChI is InChI=1S/C13H12F2N2/c1-9-3-2-4-12(15)13(9)17-7-10-5-11(14)8-16-6-10/h2-6,8,17H,7H2,1H3. The fourth-order valence-electron chi connectivity index (χ4n) is 1.60. The van der Waals surface area contributed by atoms with Gasteiger partial charge in [-0.2, -0.15) is 0 Å². The van der Waals surface area contributed by atoms with Crippen molar-refractivity contribution in [1.82, 2.24) is 4.98 Å².